The van der Waals surface area contributed by atoms with Crippen molar-refractivity contribution in [2.45, 2.75) is 26.1 Å². The van der Waals surface area contributed by atoms with Crippen molar-refractivity contribution in [2.75, 3.05) is 0 Å². The van der Waals surface area contributed by atoms with Crippen LogP contribution in [0.4, 0.5) is 0 Å². The highest BCUT2D eigenvalue weighted by atomic mass is 127. The van der Waals surface area contributed by atoms with Crippen molar-refractivity contribution in [3.05, 3.63) is 15.5 Å². The predicted octanol–water partition coefficient (Wildman–Crippen LogP) is 2.00. The van der Waals surface area contributed by atoms with Gasteiger partial charge in [0.15, 0.2) is 0 Å². The molecule has 0 amide bonds. The van der Waals surface area contributed by atoms with Gasteiger partial charge in [0, 0.05) is 22.2 Å². The van der Waals surface area contributed by atoms with Crippen LogP contribution in [0.5, 0.6) is 0 Å². The summed E-state index contributed by atoms with van der Waals surface area (Å²) in [6.45, 7) is 4.11. The van der Waals surface area contributed by atoms with E-state index in [-0.39, 0.29) is 0 Å². The maximum absolute atomic E-state index is 4.30. The molecular weight excluding hydrogens is 333 g/mol. The summed E-state index contributed by atoms with van der Waals surface area (Å²) in [6.07, 6.45) is 1.93. The maximum atomic E-state index is 4.30. The van der Waals surface area contributed by atoms with Crippen LogP contribution in [0.15, 0.2) is 6.20 Å². The number of hydrogen-bond acceptors (Lipinski definition) is 2. The lowest BCUT2D eigenvalue weighted by Gasteiger charge is -2.28. The normalized spacial score (nSPS) is 24.1. The molecule has 66 valence electrons. The predicted molar refractivity (Wildman–Crippen MR) is 58.9 cm³/mol. The van der Waals surface area contributed by atoms with Crippen LogP contribution in [-0.2, 0) is 13.1 Å². The standard InChI is InChI=1S/C7H9BrIN3/c1-5-3-12-7(4-11(5)8)6(9)2-10-12/h2,5H,3-4H2,1H3/t5-/m0/s1. The van der Waals surface area contributed by atoms with E-state index in [2.05, 4.69) is 59.4 Å². The van der Waals surface area contributed by atoms with Gasteiger partial charge in [-0.15, -0.1) is 0 Å². The molecule has 0 saturated heterocycles. The minimum absolute atomic E-state index is 0.521. The van der Waals surface area contributed by atoms with E-state index in [0.717, 1.165) is 13.1 Å². The van der Waals surface area contributed by atoms with Gasteiger partial charge in [-0.2, -0.15) is 5.10 Å². The van der Waals surface area contributed by atoms with Crippen molar-refractivity contribution in [1.29, 1.82) is 0 Å². The monoisotopic (exact) mass is 341 g/mol. The SMILES string of the molecule is C[C@H]1Cn2ncc(I)c2CN1Br. The van der Waals surface area contributed by atoms with Crippen molar-refractivity contribution in [3.8, 4) is 0 Å². The highest BCUT2D eigenvalue weighted by Crippen LogP contribution is 2.23. The summed E-state index contributed by atoms with van der Waals surface area (Å²) < 4.78 is 5.51. The molecular formula is C7H9BrIN3. The molecule has 0 aliphatic carbocycles. The molecule has 5 heteroatoms. The fourth-order valence-electron chi connectivity index (χ4n) is 1.34. The highest BCUT2D eigenvalue weighted by Gasteiger charge is 2.23. The van der Waals surface area contributed by atoms with Crippen LogP contribution in [-0.4, -0.2) is 19.7 Å². The summed E-state index contributed by atoms with van der Waals surface area (Å²) in [5.74, 6) is 0. The quantitative estimate of drug-likeness (QED) is 0.531. The summed E-state index contributed by atoms with van der Waals surface area (Å²) in [6, 6.07) is 0.521. The van der Waals surface area contributed by atoms with Crippen molar-refractivity contribution < 1.29 is 0 Å². The lowest BCUT2D eigenvalue weighted by molar-refractivity contribution is 0.279. The van der Waals surface area contributed by atoms with Gasteiger partial charge in [0.05, 0.1) is 28.6 Å². The topological polar surface area (TPSA) is 21.1 Å². The average molecular weight is 342 g/mol. The second-order valence-corrected chi connectivity index (χ2v) is 5.10. The van der Waals surface area contributed by atoms with E-state index in [1.165, 1.54) is 9.26 Å². The fraction of sp³-hybridized carbons (Fsp3) is 0.571. The van der Waals surface area contributed by atoms with Crippen LogP contribution in [0.2, 0.25) is 0 Å². The van der Waals surface area contributed by atoms with Crippen molar-refractivity contribution >= 4 is 38.7 Å². The van der Waals surface area contributed by atoms with Crippen LogP contribution < -0.4 is 0 Å². The lowest BCUT2D eigenvalue weighted by atomic mass is 10.2. The summed E-state index contributed by atoms with van der Waals surface area (Å²) >= 11 is 5.86. The van der Waals surface area contributed by atoms with E-state index < -0.39 is 0 Å². The Balaban J connectivity index is 2.36. The second-order valence-electron chi connectivity index (χ2n) is 3.03. The number of fused-ring (bicyclic) bond motifs is 1. The molecule has 0 spiro atoms. The van der Waals surface area contributed by atoms with Gasteiger partial charge in [-0.05, 0) is 29.5 Å². The molecule has 0 radical (unpaired) electrons. The first kappa shape index (κ1) is 8.96. The molecule has 2 heterocycles. The summed E-state index contributed by atoms with van der Waals surface area (Å²) in [5, 5.41) is 4.30. The third-order valence-corrected chi connectivity index (χ3v) is 3.96. The minimum atomic E-state index is 0.521. The van der Waals surface area contributed by atoms with E-state index in [9.17, 15) is 0 Å². The van der Waals surface area contributed by atoms with Gasteiger partial charge in [-0.3, -0.25) is 4.68 Å². The number of hydrogen-bond donors (Lipinski definition) is 0. The zero-order valence-electron chi connectivity index (χ0n) is 6.67. The molecule has 1 atom stereocenters. The van der Waals surface area contributed by atoms with Crippen LogP contribution in [0.3, 0.4) is 0 Å². The zero-order valence-corrected chi connectivity index (χ0v) is 10.4. The second kappa shape index (κ2) is 3.26. The number of aromatic nitrogens is 2. The van der Waals surface area contributed by atoms with Crippen LogP contribution in [0.1, 0.15) is 12.6 Å². The number of halogens is 2. The Bertz CT molecular complexity index is 299. The molecule has 2 rings (SSSR count). The summed E-state index contributed by atoms with van der Waals surface area (Å²) in [7, 11) is 0. The molecule has 0 saturated carbocycles. The Labute approximate surface area is 93.6 Å². The van der Waals surface area contributed by atoms with Crippen molar-refractivity contribution in [1.82, 2.24) is 13.7 Å². The molecule has 1 aliphatic rings. The third kappa shape index (κ3) is 1.42. The zero-order chi connectivity index (χ0) is 8.72. The molecule has 0 N–H and O–H groups in total. The first-order valence-corrected chi connectivity index (χ1v) is 5.60. The third-order valence-electron chi connectivity index (χ3n) is 2.11. The Kier molecular flexibility index (Phi) is 2.44. The Morgan fingerprint density at radius 2 is 2.50 bits per heavy atom. The Hall–Kier alpha value is 0.380. The van der Waals surface area contributed by atoms with Gasteiger partial charge >= 0.3 is 0 Å². The Morgan fingerprint density at radius 1 is 1.75 bits per heavy atom. The molecule has 0 bridgehead atoms. The molecule has 0 fully saturated rings. The first-order valence-electron chi connectivity index (χ1n) is 3.81. The van der Waals surface area contributed by atoms with Crippen molar-refractivity contribution in [2.24, 2.45) is 0 Å². The van der Waals surface area contributed by atoms with Gasteiger partial charge in [-0.25, -0.2) is 3.93 Å². The van der Waals surface area contributed by atoms with Gasteiger partial charge in [-0.1, -0.05) is 0 Å². The molecule has 12 heavy (non-hydrogen) atoms. The lowest BCUT2D eigenvalue weighted by Crippen LogP contribution is -2.35. The Morgan fingerprint density at radius 3 is 3.25 bits per heavy atom. The van der Waals surface area contributed by atoms with Gasteiger partial charge in [0.2, 0.25) is 0 Å². The molecule has 1 aliphatic heterocycles. The smallest absolute Gasteiger partial charge is 0.0668 e. The van der Waals surface area contributed by atoms with Crippen LogP contribution in [0.25, 0.3) is 0 Å². The molecule has 1 aromatic rings. The largest absolute Gasteiger partial charge is 0.266 e. The van der Waals surface area contributed by atoms with E-state index in [4.69, 9.17) is 0 Å². The number of rotatable bonds is 0. The molecule has 0 unspecified atom stereocenters. The summed E-state index contributed by atoms with van der Waals surface area (Å²) in [5.41, 5.74) is 1.31. The molecule has 1 aromatic heterocycles. The average Bonchev–Trinajstić information content (AvgIpc) is 2.35. The van der Waals surface area contributed by atoms with Gasteiger partial charge in [0.1, 0.15) is 0 Å². The van der Waals surface area contributed by atoms with E-state index in [1.807, 2.05) is 6.20 Å². The fourth-order valence-corrected chi connectivity index (χ4v) is 2.28. The first-order chi connectivity index (χ1) is 5.68. The van der Waals surface area contributed by atoms with Gasteiger partial charge < -0.3 is 0 Å². The minimum Gasteiger partial charge on any atom is -0.266 e. The van der Waals surface area contributed by atoms with Crippen LogP contribution >= 0.6 is 38.7 Å². The van der Waals surface area contributed by atoms with Crippen LogP contribution in [0, 0.1) is 3.57 Å². The molecule has 0 aromatic carbocycles. The van der Waals surface area contributed by atoms with E-state index in [1.54, 1.807) is 0 Å². The van der Waals surface area contributed by atoms with Crippen molar-refractivity contribution in [3.63, 3.8) is 0 Å². The number of nitrogens with zero attached hydrogens (tertiary/aromatic N) is 3. The van der Waals surface area contributed by atoms with E-state index >= 15 is 0 Å². The summed E-state index contributed by atoms with van der Waals surface area (Å²) in [4.78, 5) is 0. The highest BCUT2D eigenvalue weighted by molar-refractivity contribution is 14.1. The molecule has 3 nitrogen and oxygen atoms in total. The maximum Gasteiger partial charge on any atom is 0.0668 e. The van der Waals surface area contributed by atoms with E-state index in [0.29, 0.717) is 6.04 Å². The van der Waals surface area contributed by atoms with Gasteiger partial charge in [0.25, 0.3) is 0 Å².